The highest BCUT2D eigenvalue weighted by atomic mass is 32.2. The minimum atomic E-state index is -3.49. The average Bonchev–Trinajstić information content (AvgIpc) is 3.32. The summed E-state index contributed by atoms with van der Waals surface area (Å²) in [6.45, 7) is 10.6. The van der Waals surface area contributed by atoms with Crippen LogP contribution in [0.5, 0.6) is 0 Å². The summed E-state index contributed by atoms with van der Waals surface area (Å²) in [4.78, 5) is 5.07. The summed E-state index contributed by atoms with van der Waals surface area (Å²) >= 11 is 0. The maximum absolute atomic E-state index is 13.1. The van der Waals surface area contributed by atoms with Gasteiger partial charge < -0.3 is 4.57 Å². The van der Waals surface area contributed by atoms with Gasteiger partial charge in [-0.25, -0.2) is 18.1 Å². The number of nitrogens with zero attached hydrogens (tertiary/aromatic N) is 7. The number of fused-ring (bicyclic) bond motifs is 1. The highest BCUT2D eigenvalue weighted by Crippen LogP contribution is 2.26. The summed E-state index contributed by atoms with van der Waals surface area (Å²) in [5.41, 5.74) is 1.40. The summed E-state index contributed by atoms with van der Waals surface area (Å²) in [5, 5.41) is 12.1. The molecule has 0 saturated carbocycles. The fourth-order valence-electron chi connectivity index (χ4n) is 4.03. The van der Waals surface area contributed by atoms with E-state index in [9.17, 15) is 8.42 Å². The van der Waals surface area contributed by atoms with Crippen molar-refractivity contribution in [2.24, 2.45) is 0 Å². The van der Waals surface area contributed by atoms with E-state index in [4.69, 9.17) is 4.98 Å². The van der Waals surface area contributed by atoms with Crippen LogP contribution < -0.4 is 0 Å². The van der Waals surface area contributed by atoms with E-state index in [2.05, 4.69) is 40.9 Å². The van der Waals surface area contributed by atoms with Gasteiger partial charge in [-0.3, -0.25) is 0 Å². The largest absolute Gasteiger partial charge is 0.327 e. The van der Waals surface area contributed by atoms with Crippen molar-refractivity contribution in [3.05, 3.63) is 29.8 Å². The van der Waals surface area contributed by atoms with Crippen LogP contribution in [0, 0.1) is 0 Å². The molecule has 162 valence electrons. The molecule has 0 unspecified atom stereocenters. The number of piperidine rings is 1. The van der Waals surface area contributed by atoms with E-state index < -0.39 is 10.0 Å². The number of sulfonamides is 1. The minimum absolute atomic E-state index is 0.192. The Kier molecular flexibility index (Phi) is 5.39. The van der Waals surface area contributed by atoms with Gasteiger partial charge in [0.2, 0.25) is 10.0 Å². The summed E-state index contributed by atoms with van der Waals surface area (Å²) in [7, 11) is -3.49. The van der Waals surface area contributed by atoms with Gasteiger partial charge in [0.15, 0.2) is 5.82 Å². The van der Waals surface area contributed by atoms with Gasteiger partial charge in [0.05, 0.1) is 15.9 Å². The summed E-state index contributed by atoms with van der Waals surface area (Å²) in [6, 6.07) is 5.25. The number of imidazole rings is 1. The molecule has 9 nitrogen and oxygen atoms in total. The Morgan fingerprint density at radius 1 is 1.10 bits per heavy atom. The molecule has 0 amide bonds. The van der Waals surface area contributed by atoms with Crippen molar-refractivity contribution in [1.29, 1.82) is 0 Å². The Morgan fingerprint density at radius 2 is 1.83 bits per heavy atom. The van der Waals surface area contributed by atoms with Crippen LogP contribution in [0.4, 0.5) is 0 Å². The Balaban J connectivity index is 1.72. The predicted octanol–water partition coefficient (Wildman–Crippen LogP) is 2.56. The van der Waals surface area contributed by atoms with E-state index in [1.807, 2.05) is 13.0 Å². The SMILES string of the molecule is CCn1c(Cn2nnnc2C(C)(C)C)nc2cc(S(=O)(=O)N3CCCCC3)ccc21. The van der Waals surface area contributed by atoms with E-state index in [1.165, 1.54) is 0 Å². The molecule has 0 aliphatic carbocycles. The fraction of sp³-hybridized carbons (Fsp3) is 0.600. The molecular weight excluding hydrogens is 402 g/mol. The van der Waals surface area contributed by atoms with Crippen molar-refractivity contribution >= 4 is 21.1 Å². The number of aryl methyl sites for hydroxylation is 1. The lowest BCUT2D eigenvalue weighted by Crippen LogP contribution is -2.35. The van der Waals surface area contributed by atoms with Crippen molar-refractivity contribution in [2.75, 3.05) is 13.1 Å². The summed E-state index contributed by atoms with van der Waals surface area (Å²) in [5.74, 6) is 1.59. The number of tetrazole rings is 1. The van der Waals surface area contributed by atoms with Crippen LogP contribution in [-0.4, -0.2) is 55.6 Å². The van der Waals surface area contributed by atoms with Gasteiger partial charge in [-0.1, -0.05) is 27.2 Å². The molecule has 0 atom stereocenters. The maximum Gasteiger partial charge on any atom is 0.243 e. The third kappa shape index (κ3) is 3.74. The number of aromatic nitrogens is 6. The second-order valence-corrected chi connectivity index (χ2v) is 10.7. The van der Waals surface area contributed by atoms with Crippen LogP contribution in [0.1, 0.15) is 58.6 Å². The van der Waals surface area contributed by atoms with Crippen molar-refractivity contribution in [3.8, 4) is 0 Å². The standard InChI is InChI=1S/C20H29N7O2S/c1-5-26-17-10-9-15(30(28,29)25-11-7-6-8-12-25)13-16(17)21-18(26)14-27-19(20(2,3)4)22-23-24-27/h9-10,13H,5-8,11-12,14H2,1-4H3. The second kappa shape index (κ2) is 7.73. The molecule has 0 spiro atoms. The Labute approximate surface area is 177 Å². The smallest absolute Gasteiger partial charge is 0.243 e. The van der Waals surface area contributed by atoms with Crippen LogP contribution in [0.15, 0.2) is 23.1 Å². The molecule has 2 aromatic heterocycles. The molecule has 0 bridgehead atoms. The van der Waals surface area contributed by atoms with Crippen molar-refractivity contribution < 1.29 is 8.42 Å². The number of hydrogen-bond acceptors (Lipinski definition) is 6. The van der Waals surface area contributed by atoms with E-state index in [1.54, 1.807) is 21.1 Å². The van der Waals surface area contributed by atoms with Crippen molar-refractivity contribution in [3.63, 3.8) is 0 Å². The third-order valence-corrected chi connectivity index (χ3v) is 7.46. The summed E-state index contributed by atoms with van der Waals surface area (Å²) < 4.78 is 31.6. The topological polar surface area (TPSA) is 98.8 Å². The normalized spacial score (nSPS) is 16.4. The lowest BCUT2D eigenvalue weighted by molar-refractivity contribution is 0.346. The first kappa shape index (κ1) is 20.9. The molecule has 4 rings (SSSR count). The Bertz CT molecular complexity index is 1150. The summed E-state index contributed by atoms with van der Waals surface area (Å²) in [6.07, 6.45) is 2.92. The predicted molar refractivity (Wildman–Crippen MR) is 114 cm³/mol. The van der Waals surface area contributed by atoms with Gasteiger partial charge in [0, 0.05) is 25.0 Å². The maximum atomic E-state index is 13.1. The number of hydrogen-bond donors (Lipinski definition) is 0. The van der Waals surface area contributed by atoms with Crippen LogP contribution >= 0.6 is 0 Å². The zero-order valence-electron chi connectivity index (χ0n) is 18.0. The molecule has 3 heterocycles. The Morgan fingerprint density at radius 3 is 2.50 bits per heavy atom. The third-order valence-electron chi connectivity index (χ3n) is 5.56. The quantitative estimate of drug-likeness (QED) is 0.616. The van der Waals surface area contributed by atoms with Gasteiger partial charge in [0.1, 0.15) is 12.4 Å². The molecule has 1 saturated heterocycles. The first-order valence-corrected chi connectivity index (χ1v) is 11.9. The number of benzene rings is 1. The van der Waals surface area contributed by atoms with Gasteiger partial charge >= 0.3 is 0 Å². The van der Waals surface area contributed by atoms with Gasteiger partial charge in [-0.05, 0) is 48.4 Å². The van der Waals surface area contributed by atoms with E-state index >= 15 is 0 Å². The zero-order valence-corrected chi connectivity index (χ0v) is 18.9. The molecular formula is C20H29N7O2S. The molecule has 3 aromatic rings. The van der Waals surface area contributed by atoms with Crippen LogP contribution in [-0.2, 0) is 28.5 Å². The van der Waals surface area contributed by atoms with Crippen LogP contribution in [0.25, 0.3) is 11.0 Å². The molecule has 0 N–H and O–H groups in total. The van der Waals surface area contributed by atoms with Gasteiger partial charge in [0.25, 0.3) is 0 Å². The zero-order chi connectivity index (χ0) is 21.5. The van der Waals surface area contributed by atoms with Gasteiger partial charge in [-0.15, -0.1) is 5.10 Å². The van der Waals surface area contributed by atoms with Gasteiger partial charge in [-0.2, -0.15) is 4.31 Å². The average molecular weight is 432 g/mol. The molecule has 10 heteroatoms. The molecule has 30 heavy (non-hydrogen) atoms. The van der Waals surface area contributed by atoms with E-state index in [0.717, 1.165) is 43.0 Å². The van der Waals surface area contributed by atoms with Crippen LogP contribution in [0.3, 0.4) is 0 Å². The fourth-order valence-corrected chi connectivity index (χ4v) is 5.57. The van der Waals surface area contributed by atoms with Crippen LogP contribution in [0.2, 0.25) is 0 Å². The highest BCUT2D eigenvalue weighted by Gasteiger charge is 2.27. The number of rotatable bonds is 5. The molecule has 1 fully saturated rings. The van der Waals surface area contributed by atoms with E-state index in [0.29, 0.717) is 30.0 Å². The lowest BCUT2D eigenvalue weighted by atomic mass is 9.96. The first-order valence-electron chi connectivity index (χ1n) is 10.5. The Hall–Kier alpha value is -2.33. The monoisotopic (exact) mass is 431 g/mol. The molecule has 1 aromatic carbocycles. The molecule has 1 aliphatic rings. The first-order chi connectivity index (χ1) is 14.2. The second-order valence-electron chi connectivity index (χ2n) is 8.80. The van der Waals surface area contributed by atoms with Crippen molar-refractivity contribution in [2.45, 2.75) is 70.4 Å². The highest BCUT2D eigenvalue weighted by molar-refractivity contribution is 7.89. The molecule has 0 radical (unpaired) electrons. The molecule has 1 aliphatic heterocycles. The van der Waals surface area contributed by atoms with Crippen molar-refractivity contribution in [1.82, 2.24) is 34.1 Å². The van der Waals surface area contributed by atoms with E-state index in [-0.39, 0.29) is 5.41 Å². The lowest BCUT2D eigenvalue weighted by Gasteiger charge is -2.25. The minimum Gasteiger partial charge on any atom is -0.327 e.